The summed E-state index contributed by atoms with van der Waals surface area (Å²) in [5.74, 6) is -2.19. The number of carbonyl (C=O) groups excluding carboxylic acids is 4. The first kappa shape index (κ1) is 25.4. The third kappa shape index (κ3) is 11.3. The van der Waals surface area contributed by atoms with Gasteiger partial charge in [-0.3, -0.25) is 14.4 Å². The summed E-state index contributed by atoms with van der Waals surface area (Å²) < 4.78 is 14.1. The molecular weight excluding hydrogens is 356 g/mol. The molecule has 0 spiro atoms. The zero-order valence-corrected chi connectivity index (χ0v) is 15.6. The maximum atomic E-state index is 11.9. The Balaban J connectivity index is 0. The number of esters is 3. The van der Waals surface area contributed by atoms with E-state index in [0.717, 1.165) is 0 Å². The maximum Gasteiger partial charge on any atom is 0.328 e. The van der Waals surface area contributed by atoms with Crippen LogP contribution in [0.1, 0.15) is 39.5 Å². The lowest BCUT2D eigenvalue weighted by molar-refractivity contribution is -0.149. The number of hydrogen-bond acceptors (Lipinski definition) is 8. The van der Waals surface area contributed by atoms with E-state index in [4.69, 9.17) is 15.2 Å². The van der Waals surface area contributed by atoms with Crippen LogP contribution in [0, 0.1) is 0 Å². The maximum absolute atomic E-state index is 11.9. The Kier molecular flexibility index (Phi) is 14.7. The fourth-order valence-corrected chi connectivity index (χ4v) is 1.81. The van der Waals surface area contributed by atoms with Crippen LogP contribution in [0.25, 0.3) is 0 Å². The number of halogens is 1. The minimum absolute atomic E-state index is 0. The first-order valence-electron chi connectivity index (χ1n) is 7.80. The Bertz CT molecular complexity index is 446. The molecule has 25 heavy (non-hydrogen) atoms. The normalized spacial score (nSPS) is 12.2. The third-order valence-electron chi connectivity index (χ3n) is 3.04. The van der Waals surface area contributed by atoms with Crippen LogP contribution in [0.4, 0.5) is 0 Å². The highest BCUT2D eigenvalue weighted by atomic mass is 35.5. The first-order valence-corrected chi connectivity index (χ1v) is 7.80. The second-order valence-electron chi connectivity index (χ2n) is 4.88. The van der Waals surface area contributed by atoms with Crippen molar-refractivity contribution in [2.75, 3.05) is 20.3 Å². The fraction of sp³-hybridized carbons (Fsp3) is 0.733. The molecule has 0 aliphatic rings. The van der Waals surface area contributed by atoms with Crippen molar-refractivity contribution < 1.29 is 33.4 Å². The molecule has 2 atom stereocenters. The van der Waals surface area contributed by atoms with Crippen LogP contribution < -0.4 is 11.1 Å². The van der Waals surface area contributed by atoms with Gasteiger partial charge in [-0.1, -0.05) is 0 Å². The van der Waals surface area contributed by atoms with E-state index in [1.54, 1.807) is 13.8 Å². The van der Waals surface area contributed by atoms with Gasteiger partial charge >= 0.3 is 17.9 Å². The Morgan fingerprint density at radius 3 is 2.08 bits per heavy atom. The van der Waals surface area contributed by atoms with Gasteiger partial charge in [-0.25, -0.2) is 4.79 Å². The van der Waals surface area contributed by atoms with E-state index in [1.165, 1.54) is 7.11 Å². The van der Waals surface area contributed by atoms with Gasteiger partial charge in [0.05, 0.1) is 20.3 Å². The van der Waals surface area contributed by atoms with E-state index in [-0.39, 0.29) is 51.3 Å². The Hall–Kier alpha value is -1.87. The lowest BCUT2D eigenvalue weighted by Gasteiger charge is -2.17. The molecule has 0 rings (SSSR count). The molecule has 0 heterocycles. The van der Waals surface area contributed by atoms with Gasteiger partial charge in [-0.15, -0.1) is 12.4 Å². The van der Waals surface area contributed by atoms with Gasteiger partial charge in [-0.2, -0.15) is 0 Å². The van der Waals surface area contributed by atoms with Crippen LogP contribution >= 0.6 is 12.4 Å². The van der Waals surface area contributed by atoms with Gasteiger partial charge in [0.15, 0.2) is 0 Å². The quantitative estimate of drug-likeness (QED) is 0.379. The minimum Gasteiger partial charge on any atom is -0.468 e. The summed E-state index contributed by atoms with van der Waals surface area (Å²) in [4.78, 5) is 46.3. The van der Waals surface area contributed by atoms with Crippen molar-refractivity contribution in [3.05, 3.63) is 0 Å². The number of hydrogen-bond donors (Lipinski definition) is 2. The van der Waals surface area contributed by atoms with Crippen molar-refractivity contribution in [2.45, 2.75) is 51.6 Å². The molecule has 0 aliphatic heterocycles. The van der Waals surface area contributed by atoms with Crippen LogP contribution in [-0.2, 0) is 33.4 Å². The monoisotopic (exact) mass is 382 g/mol. The van der Waals surface area contributed by atoms with E-state index >= 15 is 0 Å². The molecule has 0 radical (unpaired) electrons. The number of rotatable bonds is 11. The van der Waals surface area contributed by atoms with E-state index < -0.39 is 35.9 Å². The molecule has 0 aromatic carbocycles. The van der Waals surface area contributed by atoms with Gasteiger partial charge in [0.25, 0.3) is 0 Å². The van der Waals surface area contributed by atoms with Gasteiger partial charge in [0.1, 0.15) is 12.1 Å². The highest BCUT2D eigenvalue weighted by Crippen LogP contribution is 2.04. The average Bonchev–Trinajstić information content (AvgIpc) is 2.55. The molecule has 0 aliphatic carbocycles. The van der Waals surface area contributed by atoms with Crippen molar-refractivity contribution in [3.8, 4) is 0 Å². The van der Waals surface area contributed by atoms with Crippen LogP contribution in [-0.4, -0.2) is 56.2 Å². The summed E-state index contributed by atoms with van der Waals surface area (Å²) in [7, 11) is 1.20. The van der Waals surface area contributed by atoms with Gasteiger partial charge in [0.2, 0.25) is 5.91 Å². The zero-order chi connectivity index (χ0) is 18.5. The summed E-state index contributed by atoms with van der Waals surface area (Å²) in [5.41, 5.74) is 5.54. The molecule has 9 nitrogen and oxygen atoms in total. The molecule has 0 saturated carbocycles. The summed E-state index contributed by atoms with van der Waals surface area (Å²) in [5, 5.41) is 2.48. The van der Waals surface area contributed by atoms with E-state index in [2.05, 4.69) is 10.1 Å². The van der Waals surface area contributed by atoms with E-state index in [0.29, 0.717) is 0 Å². The lowest BCUT2D eigenvalue weighted by atomic mass is 10.1. The molecule has 0 aromatic rings. The number of nitrogens with one attached hydrogen (secondary N) is 1. The molecule has 0 saturated heterocycles. The number of carbonyl (C=O) groups is 4. The molecule has 3 N–H and O–H groups in total. The zero-order valence-electron chi connectivity index (χ0n) is 14.7. The largest absolute Gasteiger partial charge is 0.468 e. The van der Waals surface area contributed by atoms with Crippen molar-refractivity contribution in [1.82, 2.24) is 5.32 Å². The van der Waals surface area contributed by atoms with E-state index in [9.17, 15) is 19.2 Å². The second kappa shape index (κ2) is 14.5. The summed E-state index contributed by atoms with van der Waals surface area (Å²) in [6, 6.07) is -1.88. The molecule has 10 heteroatoms. The van der Waals surface area contributed by atoms with Crippen LogP contribution in [0.2, 0.25) is 0 Å². The Morgan fingerprint density at radius 1 is 0.960 bits per heavy atom. The number of ether oxygens (including phenoxy) is 3. The summed E-state index contributed by atoms with van der Waals surface area (Å²) in [6.45, 7) is 3.70. The molecule has 0 fully saturated rings. The number of amides is 1. The Labute approximate surface area is 153 Å². The molecule has 1 amide bonds. The van der Waals surface area contributed by atoms with Crippen LogP contribution in [0.15, 0.2) is 0 Å². The third-order valence-corrected chi connectivity index (χ3v) is 3.04. The van der Waals surface area contributed by atoms with Crippen LogP contribution in [0.3, 0.4) is 0 Å². The summed E-state index contributed by atoms with van der Waals surface area (Å²) in [6.07, 6.45) is 0.0449. The second-order valence-corrected chi connectivity index (χ2v) is 4.88. The van der Waals surface area contributed by atoms with Gasteiger partial charge < -0.3 is 25.3 Å². The molecule has 146 valence electrons. The van der Waals surface area contributed by atoms with Crippen LogP contribution in [0.5, 0.6) is 0 Å². The lowest BCUT2D eigenvalue weighted by Crippen LogP contribution is -2.43. The highest BCUT2D eigenvalue weighted by Gasteiger charge is 2.24. The average molecular weight is 383 g/mol. The molecule has 0 bridgehead atoms. The topological polar surface area (TPSA) is 134 Å². The number of nitrogens with two attached hydrogens (primary N) is 1. The first-order chi connectivity index (χ1) is 11.3. The van der Waals surface area contributed by atoms with Crippen molar-refractivity contribution in [2.24, 2.45) is 5.73 Å². The van der Waals surface area contributed by atoms with Crippen molar-refractivity contribution in [1.29, 1.82) is 0 Å². The van der Waals surface area contributed by atoms with E-state index in [1.807, 2.05) is 0 Å². The highest BCUT2D eigenvalue weighted by molar-refractivity contribution is 5.86. The minimum atomic E-state index is -0.962. The fourth-order valence-electron chi connectivity index (χ4n) is 1.81. The predicted octanol–water partition coefficient (Wildman–Crippen LogP) is 0.0799. The van der Waals surface area contributed by atoms with Gasteiger partial charge in [-0.05, 0) is 26.7 Å². The molecule has 0 aromatic heterocycles. The van der Waals surface area contributed by atoms with Crippen molar-refractivity contribution in [3.63, 3.8) is 0 Å². The molecular formula is C15H27ClN2O7. The summed E-state index contributed by atoms with van der Waals surface area (Å²) >= 11 is 0. The predicted molar refractivity (Wildman–Crippen MR) is 90.9 cm³/mol. The standard InChI is InChI=1S/C15H26N2O7.ClH/c1-4-23-13(19)9-7-11(15(21)24-5-2)17-12(18)8-6-10(16)14(20)22-3;/h10-11H,4-9,16H2,1-3H3,(H,17,18);1H/t10-,11-;/m0./s1. The van der Waals surface area contributed by atoms with Gasteiger partial charge in [0, 0.05) is 12.8 Å². The van der Waals surface area contributed by atoms with Crippen molar-refractivity contribution >= 4 is 36.2 Å². The SMILES string of the molecule is CCOC(=O)CC[C@H](NC(=O)CC[C@H](N)C(=O)OC)C(=O)OCC.Cl. The Morgan fingerprint density at radius 2 is 1.56 bits per heavy atom. The molecule has 0 unspecified atom stereocenters. The smallest absolute Gasteiger partial charge is 0.328 e. The number of methoxy groups -OCH3 is 1.